The fourth-order valence-electron chi connectivity index (χ4n) is 2.04. The summed E-state index contributed by atoms with van der Waals surface area (Å²) in [6, 6.07) is 7.20. The van der Waals surface area contributed by atoms with E-state index in [1.54, 1.807) is 23.1 Å². The Balaban J connectivity index is 3.09. The molecule has 1 aromatic rings. The summed E-state index contributed by atoms with van der Waals surface area (Å²) in [5.74, 6) is -1.03. The Labute approximate surface area is 125 Å². The first kappa shape index (κ1) is 16.7. The Bertz CT molecular complexity index is 561. The maximum atomic E-state index is 11.6. The van der Waals surface area contributed by atoms with Crippen molar-refractivity contribution in [1.82, 2.24) is 4.90 Å². The normalized spacial score (nSPS) is 11.0. The highest BCUT2D eigenvalue weighted by Gasteiger charge is 2.16. The number of unbranched alkanes of at least 4 members (excludes halogenated alkanes) is 1. The van der Waals surface area contributed by atoms with Crippen LogP contribution in [0.25, 0.3) is 0 Å². The highest BCUT2D eigenvalue weighted by Crippen LogP contribution is 2.17. The predicted octanol–water partition coefficient (Wildman–Crippen LogP) is 3.60. The molecule has 0 aliphatic rings. The zero-order valence-electron chi connectivity index (χ0n) is 12.5. The zero-order valence-corrected chi connectivity index (χ0v) is 12.5. The average molecular weight is 287 g/mol. The van der Waals surface area contributed by atoms with Gasteiger partial charge < -0.3 is 10.0 Å². The molecule has 0 saturated carbocycles. The van der Waals surface area contributed by atoms with Gasteiger partial charge in [0.25, 0.3) is 0 Å². The number of hydrogen-bond acceptors (Lipinski definition) is 3. The van der Waals surface area contributed by atoms with Crippen molar-refractivity contribution in [1.29, 1.82) is 0 Å². The molecular formula is C17H21NO3. The van der Waals surface area contributed by atoms with Crippen molar-refractivity contribution >= 4 is 11.8 Å². The van der Waals surface area contributed by atoms with Crippen molar-refractivity contribution in [3.63, 3.8) is 0 Å². The van der Waals surface area contributed by atoms with Crippen LogP contribution in [0.4, 0.5) is 0 Å². The van der Waals surface area contributed by atoms with Crippen LogP contribution >= 0.6 is 0 Å². The molecule has 0 aliphatic carbocycles. The van der Waals surface area contributed by atoms with Gasteiger partial charge in [-0.2, -0.15) is 0 Å². The van der Waals surface area contributed by atoms with Crippen molar-refractivity contribution in [2.45, 2.75) is 33.2 Å². The first-order valence-electron chi connectivity index (χ1n) is 6.92. The molecule has 0 amide bonds. The molecule has 21 heavy (non-hydrogen) atoms. The summed E-state index contributed by atoms with van der Waals surface area (Å²) in [6.07, 6.45) is 4.71. The molecule has 0 atom stereocenters. The number of nitrogens with zero attached hydrogens (tertiary/aromatic N) is 1. The number of carboxylic acid groups (broad SMARTS) is 1. The second-order valence-corrected chi connectivity index (χ2v) is 4.71. The number of carbonyl (C=O) groups excluding carboxylic acids is 1. The van der Waals surface area contributed by atoms with Crippen LogP contribution in [-0.2, 0) is 11.3 Å². The monoisotopic (exact) mass is 287 g/mol. The molecule has 0 spiro atoms. The number of ketones is 1. The van der Waals surface area contributed by atoms with Gasteiger partial charge in [0.05, 0.1) is 0 Å². The van der Waals surface area contributed by atoms with Gasteiger partial charge in [-0.3, -0.25) is 4.79 Å². The van der Waals surface area contributed by atoms with Gasteiger partial charge >= 0.3 is 5.97 Å². The maximum Gasteiger partial charge on any atom is 0.352 e. The van der Waals surface area contributed by atoms with Gasteiger partial charge in [-0.25, -0.2) is 4.79 Å². The highest BCUT2D eigenvalue weighted by atomic mass is 16.4. The van der Waals surface area contributed by atoms with E-state index in [2.05, 4.69) is 6.58 Å². The number of Topliss-reactive ketones (excluding diaryl/α,β-unsaturated/α-hetero) is 1. The lowest BCUT2D eigenvalue weighted by Gasteiger charge is -2.22. The zero-order chi connectivity index (χ0) is 15.8. The summed E-state index contributed by atoms with van der Waals surface area (Å²) in [6.45, 7) is 7.47. The fourth-order valence-corrected chi connectivity index (χ4v) is 2.04. The molecule has 0 aromatic heterocycles. The Kier molecular flexibility index (Phi) is 6.40. The minimum atomic E-state index is -0.997. The number of carbonyl (C=O) groups is 2. The topological polar surface area (TPSA) is 57.6 Å². The van der Waals surface area contributed by atoms with E-state index < -0.39 is 5.97 Å². The summed E-state index contributed by atoms with van der Waals surface area (Å²) in [4.78, 5) is 24.6. The quantitative estimate of drug-likeness (QED) is 0.586. The summed E-state index contributed by atoms with van der Waals surface area (Å²) >= 11 is 0. The fraction of sp³-hybridized carbons (Fsp3) is 0.294. The molecule has 1 rings (SSSR count). The van der Waals surface area contributed by atoms with Crippen molar-refractivity contribution in [2.75, 3.05) is 0 Å². The minimum Gasteiger partial charge on any atom is -0.477 e. The van der Waals surface area contributed by atoms with Crippen LogP contribution < -0.4 is 0 Å². The third-order valence-corrected chi connectivity index (χ3v) is 3.11. The Morgan fingerprint density at radius 1 is 1.33 bits per heavy atom. The molecule has 0 unspecified atom stereocenters. The number of aliphatic carboxylic acids is 1. The van der Waals surface area contributed by atoms with Gasteiger partial charge in [0, 0.05) is 12.1 Å². The second-order valence-electron chi connectivity index (χ2n) is 4.71. The van der Waals surface area contributed by atoms with Crippen LogP contribution in [0.1, 0.15) is 42.6 Å². The largest absolute Gasteiger partial charge is 0.477 e. The molecule has 0 heterocycles. The number of carboxylic acids is 1. The molecule has 4 heteroatoms. The van der Waals surface area contributed by atoms with Crippen LogP contribution in [0, 0.1) is 0 Å². The Hall–Kier alpha value is -2.36. The van der Waals surface area contributed by atoms with E-state index in [4.69, 9.17) is 0 Å². The van der Waals surface area contributed by atoms with E-state index in [-0.39, 0.29) is 11.5 Å². The van der Waals surface area contributed by atoms with E-state index in [1.807, 2.05) is 19.1 Å². The smallest absolute Gasteiger partial charge is 0.352 e. The number of hydrogen-bond donors (Lipinski definition) is 1. The van der Waals surface area contributed by atoms with E-state index >= 15 is 0 Å². The first-order valence-corrected chi connectivity index (χ1v) is 6.92. The van der Waals surface area contributed by atoms with Crippen LogP contribution in [0.2, 0.25) is 0 Å². The van der Waals surface area contributed by atoms with Crippen LogP contribution in [0.3, 0.4) is 0 Å². The van der Waals surface area contributed by atoms with Crippen molar-refractivity contribution in [2.24, 2.45) is 0 Å². The van der Waals surface area contributed by atoms with Gasteiger partial charge in [0.2, 0.25) is 0 Å². The minimum absolute atomic E-state index is 0.0379. The number of benzene rings is 1. The summed E-state index contributed by atoms with van der Waals surface area (Å²) in [5.41, 5.74) is 1.57. The van der Waals surface area contributed by atoms with Crippen LogP contribution in [0.15, 0.2) is 48.8 Å². The summed E-state index contributed by atoms with van der Waals surface area (Å²) in [5, 5.41) is 9.33. The van der Waals surface area contributed by atoms with E-state index in [0.29, 0.717) is 18.5 Å². The molecule has 0 bridgehead atoms. The van der Waals surface area contributed by atoms with Gasteiger partial charge in [-0.1, -0.05) is 50.3 Å². The Morgan fingerprint density at radius 2 is 2.00 bits per heavy atom. The summed E-state index contributed by atoms with van der Waals surface area (Å²) < 4.78 is 0. The van der Waals surface area contributed by atoms with Gasteiger partial charge in [0.1, 0.15) is 5.70 Å². The molecule has 0 aliphatic heterocycles. The van der Waals surface area contributed by atoms with Crippen molar-refractivity contribution in [3.8, 4) is 0 Å². The lowest BCUT2D eigenvalue weighted by molar-refractivity contribution is -0.134. The van der Waals surface area contributed by atoms with Gasteiger partial charge in [0.15, 0.2) is 5.78 Å². The van der Waals surface area contributed by atoms with E-state index in [0.717, 1.165) is 12.0 Å². The van der Waals surface area contributed by atoms with Crippen molar-refractivity contribution in [3.05, 3.63) is 59.9 Å². The lowest BCUT2D eigenvalue weighted by Crippen LogP contribution is -2.23. The average Bonchev–Trinajstić information content (AvgIpc) is 2.46. The number of rotatable bonds is 8. The van der Waals surface area contributed by atoms with Crippen LogP contribution in [0.5, 0.6) is 0 Å². The van der Waals surface area contributed by atoms with Crippen LogP contribution in [-0.4, -0.2) is 21.8 Å². The Morgan fingerprint density at radius 3 is 2.52 bits per heavy atom. The van der Waals surface area contributed by atoms with Crippen molar-refractivity contribution < 1.29 is 14.7 Å². The second kappa shape index (κ2) is 8.04. The van der Waals surface area contributed by atoms with E-state index in [9.17, 15) is 14.7 Å². The van der Waals surface area contributed by atoms with Gasteiger partial charge in [-0.15, -0.1) is 0 Å². The molecule has 0 fully saturated rings. The molecular weight excluding hydrogens is 266 g/mol. The standard InChI is InChI=1S/C17H21NO3/c1-4-6-11-16(17(20)21)18(5-2)12-14-9-7-8-10-15(14)13(3)19/h5,7-11H,2,4,6,12H2,1,3H3,(H,20,21)/b16-11-. The maximum absolute atomic E-state index is 11.6. The first-order chi connectivity index (χ1) is 10.0. The highest BCUT2D eigenvalue weighted by molar-refractivity contribution is 5.95. The number of allylic oxidation sites excluding steroid dienone is 1. The molecule has 4 nitrogen and oxygen atoms in total. The predicted molar refractivity (Wildman–Crippen MR) is 82.8 cm³/mol. The molecule has 112 valence electrons. The molecule has 1 N–H and O–H groups in total. The lowest BCUT2D eigenvalue weighted by atomic mass is 10.0. The van der Waals surface area contributed by atoms with Gasteiger partial charge in [-0.05, 0) is 25.1 Å². The van der Waals surface area contributed by atoms with E-state index in [1.165, 1.54) is 13.1 Å². The molecule has 0 radical (unpaired) electrons. The SMILES string of the molecule is C=CN(Cc1ccccc1C(C)=O)/C(=C\CCC)C(=O)O. The molecule has 0 saturated heterocycles. The third-order valence-electron chi connectivity index (χ3n) is 3.11. The third kappa shape index (κ3) is 4.60. The summed E-state index contributed by atoms with van der Waals surface area (Å²) in [7, 11) is 0. The molecule has 1 aromatic carbocycles.